The van der Waals surface area contributed by atoms with Crippen molar-refractivity contribution in [2.75, 3.05) is 34.2 Å². The van der Waals surface area contributed by atoms with Crippen LogP contribution in [0.15, 0.2) is 11.6 Å². The van der Waals surface area contributed by atoms with Gasteiger partial charge in [-0.05, 0) is 28.1 Å². The summed E-state index contributed by atoms with van der Waals surface area (Å²) in [6.07, 6.45) is 2.23. The Morgan fingerprint density at radius 1 is 1.50 bits per heavy atom. The molecule has 0 aromatic carbocycles. The number of hydrogen-bond acceptors (Lipinski definition) is 2. The molecule has 0 spiro atoms. The maximum absolute atomic E-state index is 3.10. The molecule has 0 unspecified atom stereocenters. The fourth-order valence-electron chi connectivity index (χ4n) is 0.689. The van der Waals surface area contributed by atoms with Crippen molar-refractivity contribution in [1.82, 2.24) is 10.2 Å². The summed E-state index contributed by atoms with van der Waals surface area (Å²) in [5, 5.41) is 3.10. The Morgan fingerprint density at radius 3 is 2.50 bits per heavy atom. The lowest BCUT2D eigenvalue weighted by Crippen LogP contribution is -2.14. The minimum absolute atomic E-state index is 0.994. The van der Waals surface area contributed by atoms with Crippen LogP contribution >= 0.6 is 0 Å². The van der Waals surface area contributed by atoms with E-state index in [4.69, 9.17) is 0 Å². The average Bonchev–Trinajstić information content (AvgIpc) is 1.85. The van der Waals surface area contributed by atoms with Gasteiger partial charge in [-0.3, -0.25) is 0 Å². The summed E-state index contributed by atoms with van der Waals surface area (Å²) in [6.45, 7) is 4.17. The van der Waals surface area contributed by atoms with Crippen LogP contribution in [-0.2, 0) is 0 Å². The molecule has 10 heavy (non-hydrogen) atoms. The van der Waals surface area contributed by atoms with Crippen LogP contribution in [0.25, 0.3) is 0 Å². The first-order chi connectivity index (χ1) is 4.66. The first-order valence-electron chi connectivity index (χ1n) is 3.61. The second-order valence-corrected chi connectivity index (χ2v) is 2.84. The minimum atomic E-state index is 0.994. The van der Waals surface area contributed by atoms with Crippen molar-refractivity contribution in [1.29, 1.82) is 0 Å². The van der Waals surface area contributed by atoms with E-state index in [1.165, 1.54) is 5.57 Å². The Kier molecular flexibility index (Phi) is 5.26. The zero-order valence-corrected chi connectivity index (χ0v) is 7.44. The van der Waals surface area contributed by atoms with Crippen molar-refractivity contribution in [3.05, 3.63) is 11.6 Å². The van der Waals surface area contributed by atoms with Gasteiger partial charge in [-0.1, -0.05) is 11.6 Å². The van der Waals surface area contributed by atoms with E-state index in [0.29, 0.717) is 0 Å². The third-order valence-corrected chi connectivity index (χ3v) is 1.26. The van der Waals surface area contributed by atoms with Gasteiger partial charge in [-0.15, -0.1) is 0 Å². The molecule has 0 aliphatic carbocycles. The molecule has 0 radical (unpaired) electrons. The van der Waals surface area contributed by atoms with Crippen molar-refractivity contribution < 1.29 is 0 Å². The van der Waals surface area contributed by atoms with Crippen LogP contribution in [0.1, 0.15) is 6.92 Å². The summed E-state index contributed by atoms with van der Waals surface area (Å²) in [4.78, 5) is 2.15. The standard InChI is InChI=1S/C8H18N2/c1-8(7-9-2)5-6-10(3)4/h5,9H,6-7H2,1-4H3/b8-5+. The molecule has 0 heterocycles. The Labute approximate surface area is 63.9 Å². The van der Waals surface area contributed by atoms with Crippen molar-refractivity contribution in [3.63, 3.8) is 0 Å². The highest BCUT2D eigenvalue weighted by Gasteiger charge is 1.86. The highest BCUT2D eigenvalue weighted by Crippen LogP contribution is 1.89. The molecule has 0 aromatic rings. The van der Waals surface area contributed by atoms with Gasteiger partial charge in [0, 0.05) is 13.1 Å². The van der Waals surface area contributed by atoms with Crippen LogP contribution in [0.4, 0.5) is 0 Å². The summed E-state index contributed by atoms with van der Waals surface area (Å²) in [5.74, 6) is 0. The fourth-order valence-corrected chi connectivity index (χ4v) is 0.689. The van der Waals surface area contributed by atoms with Gasteiger partial charge in [-0.25, -0.2) is 0 Å². The lowest BCUT2D eigenvalue weighted by molar-refractivity contribution is 0.455. The van der Waals surface area contributed by atoms with Crippen LogP contribution in [0.2, 0.25) is 0 Å². The van der Waals surface area contributed by atoms with Crippen LogP contribution < -0.4 is 5.32 Å². The fraction of sp³-hybridized carbons (Fsp3) is 0.750. The van der Waals surface area contributed by atoms with Crippen molar-refractivity contribution in [2.24, 2.45) is 0 Å². The van der Waals surface area contributed by atoms with Crippen LogP contribution in [0.5, 0.6) is 0 Å². The van der Waals surface area contributed by atoms with Gasteiger partial charge in [0.1, 0.15) is 0 Å². The predicted octanol–water partition coefficient (Wildman–Crippen LogP) is 0.714. The van der Waals surface area contributed by atoms with Gasteiger partial charge in [0.05, 0.1) is 0 Å². The monoisotopic (exact) mass is 142 g/mol. The molecule has 0 amide bonds. The lowest BCUT2D eigenvalue weighted by Gasteiger charge is -2.06. The highest BCUT2D eigenvalue weighted by molar-refractivity contribution is 5.00. The Bertz CT molecular complexity index is 106. The zero-order valence-electron chi connectivity index (χ0n) is 7.44. The first-order valence-corrected chi connectivity index (χ1v) is 3.61. The lowest BCUT2D eigenvalue weighted by atomic mass is 10.3. The molecule has 2 nitrogen and oxygen atoms in total. The van der Waals surface area contributed by atoms with E-state index in [-0.39, 0.29) is 0 Å². The predicted molar refractivity (Wildman–Crippen MR) is 46.2 cm³/mol. The van der Waals surface area contributed by atoms with Crippen molar-refractivity contribution in [3.8, 4) is 0 Å². The molecule has 1 N–H and O–H groups in total. The number of rotatable bonds is 4. The van der Waals surface area contributed by atoms with E-state index in [2.05, 4.69) is 37.3 Å². The third-order valence-electron chi connectivity index (χ3n) is 1.26. The van der Waals surface area contributed by atoms with Crippen LogP contribution in [-0.4, -0.2) is 39.1 Å². The summed E-state index contributed by atoms with van der Waals surface area (Å²) in [6, 6.07) is 0. The van der Waals surface area contributed by atoms with E-state index >= 15 is 0 Å². The maximum Gasteiger partial charge on any atom is 0.0160 e. The van der Waals surface area contributed by atoms with Gasteiger partial charge in [0.2, 0.25) is 0 Å². The molecule has 2 heteroatoms. The number of likely N-dealkylation sites (N-methyl/N-ethyl adjacent to an activating group) is 2. The van der Waals surface area contributed by atoms with Gasteiger partial charge < -0.3 is 10.2 Å². The summed E-state index contributed by atoms with van der Waals surface area (Å²) < 4.78 is 0. The van der Waals surface area contributed by atoms with E-state index in [0.717, 1.165) is 13.1 Å². The molecular weight excluding hydrogens is 124 g/mol. The number of nitrogens with one attached hydrogen (secondary N) is 1. The molecule has 60 valence electrons. The minimum Gasteiger partial charge on any atom is -0.316 e. The molecule has 0 bridgehead atoms. The SMILES string of the molecule is CNC/C(C)=C/CN(C)C. The van der Waals surface area contributed by atoms with Gasteiger partial charge in [-0.2, -0.15) is 0 Å². The third kappa shape index (κ3) is 5.79. The van der Waals surface area contributed by atoms with E-state index in [9.17, 15) is 0 Å². The summed E-state index contributed by atoms with van der Waals surface area (Å²) >= 11 is 0. The summed E-state index contributed by atoms with van der Waals surface area (Å²) in [7, 11) is 6.11. The topological polar surface area (TPSA) is 15.3 Å². The molecule has 0 aromatic heterocycles. The Balaban J connectivity index is 3.47. The van der Waals surface area contributed by atoms with Crippen LogP contribution in [0.3, 0.4) is 0 Å². The maximum atomic E-state index is 3.10. The number of nitrogens with zero attached hydrogens (tertiary/aromatic N) is 1. The Morgan fingerprint density at radius 2 is 2.10 bits per heavy atom. The van der Waals surface area contributed by atoms with Gasteiger partial charge in [0.25, 0.3) is 0 Å². The van der Waals surface area contributed by atoms with E-state index < -0.39 is 0 Å². The normalized spacial score (nSPS) is 12.7. The van der Waals surface area contributed by atoms with Gasteiger partial charge >= 0.3 is 0 Å². The second kappa shape index (κ2) is 5.45. The highest BCUT2D eigenvalue weighted by atomic mass is 15.0. The molecule has 0 saturated heterocycles. The molecular formula is C8H18N2. The van der Waals surface area contributed by atoms with Crippen molar-refractivity contribution in [2.45, 2.75) is 6.92 Å². The molecule has 0 atom stereocenters. The van der Waals surface area contributed by atoms with Gasteiger partial charge in [0.15, 0.2) is 0 Å². The molecule has 0 saturated carbocycles. The smallest absolute Gasteiger partial charge is 0.0160 e. The molecule has 0 aliphatic heterocycles. The quantitative estimate of drug-likeness (QED) is 0.582. The first kappa shape index (κ1) is 9.66. The van der Waals surface area contributed by atoms with Crippen molar-refractivity contribution >= 4 is 0 Å². The molecule has 0 fully saturated rings. The molecule has 0 rings (SSSR count). The second-order valence-electron chi connectivity index (χ2n) is 2.84. The van der Waals surface area contributed by atoms with Crippen LogP contribution in [0, 0.1) is 0 Å². The zero-order chi connectivity index (χ0) is 7.98. The summed E-state index contributed by atoms with van der Waals surface area (Å²) in [5.41, 5.74) is 1.40. The Hall–Kier alpha value is -0.340. The average molecular weight is 142 g/mol. The largest absolute Gasteiger partial charge is 0.316 e. The molecule has 0 aliphatic rings. The van der Waals surface area contributed by atoms with E-state index in [1.54, 1.807) is 0 Å². The number of hydrogen-bond donors (Lipinski definition) is 1. The van der Waals surface area contributed by atoms with E-state index in [1.807, 2.05) is 7.05 Å².